The molecule has 0 saturated carbocycles. The van der Waals surface area contributed by atoms with Crippen molar-refractivity contribution in [3.05, 3.63) is 101 Å². The van der Waals surface area contributed by atoms with Crippen LogP contribution in [0.5, 0.6) is 5.75 Å². The molecule has 0 unspecified atom stereocenters. The second-order valence-corrected chi connectivity index (χ2v) is 8.58. The quantitative estimate of drug-likeness (QED) is 0.340. The molecule has 0 aliphatic heterocycles. The van der Waals surface area contributed by atoms with Crippen molar-refractivity contribution in [2.75, 3.05) is 12.8 Å². The van der Waals surface area contributed by atoms with Gasteiger partial charge in [0.15, 0.2) is 5.65 Å². The molecule has 3 heterocycles. The average Bonchev–Trinajstić information content (AvgIpc) is 3.29. The van der Waals surface area contributed by atoms with E-state index in [4.69, 9.17) is 20.0 Å². The minimum atomic E-state index is -0.587. The lowest BCUT2D eigenvalue weighted by atomic mass is 10.0. The summed E-state index contributed by atoms with van der Waals surface area (Å²) in [4.78, 5) is 22.1. The number of nitrogens with two attached hydrogens (primary N) is 1. The highest BCUT2D eigenvalue weighted by Crippen LogP contribution is 2.33. The summed E-state index contributed by atoms with van der Waals surface area (Å²) >= 11 is 0. The predicted molar refractivity (Wildman–Crippen MR) is 139 cm³/mol. The zero-order valence-corrected chi connectivity index (χ0v) is 20.0. The highest BCUT2D eigenvalue weighted by Gasteiger charge is 2.22. The molecule has 0 radical (unpaired) electrons. The Hall–Kier alpha value is -5.12. The van der Waals surface area contributed by atoms with Crippen molar-refractivity contribution >= 4 is 27.8 Å². The van der Waals surface area contributed by atoms with Crippen molar-refractivity contribution in [3.8, 4) is 28.1 Å². The molecule has 0 saturated heterocycles. The number of benzene rings is 3. The number of rotatable bonds is 5. The maximum atomic E-state index is 14.2. The van der Waals surface area contributed by atoms with E-state index in [-0.39, 0.29) is 34.7 Å². The van der Waals surface area contributed by atoms with Gasteiger partial charge in [0, 0.05) is 5.56 Å². The Morgan fingerprint density at radius 3 is 2.58 bits per heavy atom. The Morgan fingerprint density at radius 1 is 0.974 bits per heavy atom. The molecule has 38 heavy (non-hydrogen) atoms. The van der Waals surface area contributed by atoms with Gasteiger partial charge in [0.1, 0.15) is 53.1 Å². The van der Waals surface area contributed by atoms with Crippen LogP contribution in [0.2, 0.25) is 0 Å². The van der Waals surface area contributed by atoms with Crippen LogP contribution in [0.25, 0.3) is 44.4 Å². The van der Waals surface area contributed by atoms with Crippen LogP contribution in [0.4, 0.5) is 14.6 Å². The van der Waals surface area contributed by atoms with Crippen molar-refractivity contribution in [2.45, 2.75) is 6.54 Å². The van der Waals surface area contributed by atoms with Gasteiger partial charge in [0.2, 0.25) is 5.43 Å². The predicted octanol–water partition coefficient (Wildman–Crippen LogP) is 5.18. The minimum absolute atomic E-state index is 0.0435. The van der Waals surface area contributed by atoms with E-state index in [2.05, 4.69) is 9.97 Å². The SMILES string of the molecule is COc1cccc(-c2nn(Cc3oc4ccc(F)cc4c(=O)c3-c3cccc(F)c3)c3ncnc(N)c23)c1. The summed E-state index contributed by atoms with van der Waals surface area (Å²) in [5.41, 5.74) is 7.94. The number of aromatic nitrogens is 4. The van der Waals surface area contributed by atoms with Crippen molar-refractivity contribution < 1.29 is 17.9 Å². The highest BCUT2D eigenvalue weighted by atomic mass is 19.1. The molecule has 3 aromatic carbocycles. The summed E-state index contributed by atoms with van der Waals surface area (Å²) in [5.74, 6) is -0.0754. The smallest absolute Gasteiger partial charge is 0.200 e. The zero-order chi connectivity index (χ0) is 26.4. The number of anilines is 1. The second kappa shape index (κ2) is 9.07. The molecule has 0 aliphatic carbocycles. The van der Waals surface area contributed by atoms with E-state index in [1.165, 1.54) is 36.7 Å². The van der Waals surface area contributed by atoms with Gasteiger partial charge < -0.3 is 14.9 Å². The number of nitrogens with zero attached hydrogens (tertiary/aromatic N) is 4. The Kier molecular flexibility index (Phi) is 5.56. The van der Waals surface area contributed by atoms with Gasteiger partial charge in [-0.2, -0.15) is 5.10 Å². The van der Waals surface area contributed by atoms with Gasteiger partial charge in [-0.1, -0.05) is 24.3 Å². The third kappa shape index (κ3) is 3.92. The van der Waals surface area contributed by atoms with Crippen molar-refractivity contribution in [1.29, 1.82) is 0 Å². The van der Waals surface area contributed by atoms with E-state index in [1.54, 1.807) is 30.0 Å². The van der Waals surface area contributed by atoms with E-state index < -0.39 is 17.1 Å². The fraction of sp³-hybridized carbons (Fsp3) is 0.0714. The van der Waals surface area contributed by atoms with Crippen LogP contribution in [-0.4, -0.2) is 26.9 Å². The van der Waals surface area contributed by atoms with E-state index >= 15 is 0 Å². The Morgan fingerprint density at radius 2 is 1.76 bits per heavy atom. The maximum Gasteiger partial charge on any atom is 0.200 e. The van der Waals surface area contributed by atoms with Crippen LogP contribution in [0.15, 0.2) is 82.3 Å². The monoisotopic (exact) mass is 511 g/mol. The van der Waals surface area contributed by atoms with Gasteiger partial charge in [-0.05, 0) is 48.0 Å². The molecule has 0 fully saturated rings. The largest absolute Gasteiger partial charge is 0.497 e. The number of hydrogen-bond acceptors (Lipinski definition) is 7. The summed E-state index contributed by atoms with van der Waals surface area (Å²) in [6.07, 6.45) is 1.32. The van der Waals surface area contributed by atoms with E-state index in [9.17, 15) is 13.6 Å². The van der Waals surface area contributed by atoms with Gasteiger partial charge in [-0.15, -0.1) is 0 Å². The minimum Gasteiger partial charge on any atom is -0.497 e. The maximum absolute atomic E-state index is 14.2. The van der Waals surface area contributed by atoms with Gasteiger partial charge in [-0.25, -0.2) is 23.4 Å². The molecule has 8 nitrogen and oxygen atoms in total. The number of halogens is 2. The molecule has 0 spiro atoms. The Labute approximate surface area is 213 Å². The summed E-state index contributed by atoms with van der Waals surface area (Å²) in [5, 5.41) is 5.31. The number of hydrogen-bond donors (Lipinski definition) is 1. The molecule has 2 N–H and O–H groups in total. The van der Waals surface area contributed by atoms with Gasteiger partial charge >= 0.3 is 0 Å². The number of nitrogen functional groups attached to an aromatic ring is 1. The fourth-order valence-electron chi connectivity index (χ4n) is 4.51. The first-order chi connectivity index (χ1) is 18.4. The van der Waals surface area contributed by atoms with Crippen LogP contribution < -0.4 is 15.9 Å². The lowest BCUT2D eigenvalue weighted by Gasteiger charge is -2.11. The van der Waals surface area contributed by atoms with Crippen LogP contribution in [-0.2, 0) is 6.54 Å². The molecule has 3 aromatic heterocycles. The zero-order valence-electron chi connectivity index (χ0n) is 20.0. The third-order valence-corrected chi connectivity index (χ3v) is 6.23. The summed E-state index contributed by atoms with van der Waals surface area (Å²) in [6, 6.07) is 16.6. The molecular formula is C28H19F2N5O3. The molecule has 6 aromatic rings. The van der Waals surface area contributed by atoms with Crippen molar-refractivity contribution in [1.82, 2.24) is 19.7 Å². The highest BCUT2D eigenvalue weighted by molar-refractivity contribution is 5.98. The molecular weight excluding hydrogens is 492 g/mol. The average molecular weight is 511 g/mol. The summed E-state index contributed by atoms with van der Waals surface area (Å²) in [7, 11) is 1.56. The molecule has 0 bridgehead atoms. The first-order valence-electron chi connectivity index (χ1n) is 11.6. The normalized spacial score (nSPS) is 11.3. The number of methoxy groups -OCH3 is 1. The Bertz CT molecular complexity index is 1920. The topological polar surface area (TPSA) is 109 Å². The lowest BCUT2D eigenvalue weighted by molar-refractivity contribution is 0.415. The van der Waals surface area contributed by atoms with Gasteiger partial charge in [0.05, 0.1) is 23.4 Å². The second-order valence-electron chi connectivity index (χ2n) is 8.58. The first-order valence-corrected chi connectivity index (χ1v) is 11.6. The molecule has 6 rings (SSSR count). The standard InChI is InChI=1S/C28H19F2N5O3/c1-37-19-7-3-5-16(11-19)25-24-27(31)32-14-33-28(24)35(34-25)13-22-23(15-4-2-6-17(29)10-15)26(36)20-12-18(30)8-9-21(20)38-22/h2-12,14H,13H2,1H3,(H2,31,32,33). The van der Waals surface area contributed by atoms with E-state index in [0.29, 0.717) is 28.0 Å². The van der Waals surface area contributed by atoms with Crippen molar-refractivity contribution in [3.63, 3.8) is 0 Å². The van der Waals surface area contributed by atoms with Crippen LogP contribution >= 0.6 is 0 Å². The molecule has 10 heteroatoms. The molecule has 0 aliphatic rings. The molecule has 0 atom stereocenters. The van der Waals surface area contributed by atoms with Crippen LogP contribution in [0.1, 0.15) is 5.76 Å². The van der Waals surface area contributed by atoms with Crippen LogP contribution in [0, 0.1) is 11.6 Å². The van der Waals surface area contributed by atoms with Gasteiger partial charge in [-0.3, -0.25) is 4.79 Å². The Balaban J connectivity index is 1.60. The van der Waals surface area contributed by atoms with E-state index in [0.717, 1.165) is 11.6 Å². The molecule has 0 amide bonds. The lowest BCUT2D eigenvalue weighted by Crippen LogP contribution is -2.13. The summed E-state index contributed by atoms with van der Waals surface area (Å²) < 4.78 is 41.2. The summed E-state index contributed by atoms with van der Waals surface area (Å²) in [6.45, 7) is -0.0503. The van der Waals surface area contributed by atoms with Gasteiger partial charge in [0.25, 0.3) is 0 Å². The first kappa shape index (κ1) is 23.3. The number of ether oxygens (including phenoxy) is 1. The molecule has 188 valence electrons. The van der Waals surface area contributed by atoms with Crippen molar-refractivity contribution in [2.24, 2.45) is 0 Å². The van der Waals surface area contributed by atoms with Crippen LogP contribution in [0.3, 0.4) is 0 Å². The fourth-order valence-corrected chi connectivity index (χ4v) is 4.51. The number of fused-ring (bicyclic) bond motifs is 2. The third-order valence-electron chi connectivity index (χ3n) is 6.23. The van der Waals surface area contributed by atoms with E-state index in [1.807, 2.05) is 12.1 Å².